The lowest BCUT2D eigenvalue weighted by atomic mass is 10.1. The van der Waals surface area contributed by atoms with Crippen LogP contribution in [0.1, 0.15) is 0 Å². The molecule has 0 aliphatic rings. The minimum Gasteiger partial charge on any atom is -0.349 e. The Kier molecular flexibility index (Phi) is 4.25. The van der Waals surface area contributed by atoms with E-state index in [9.17, 15) is 0 Å². The first-order valence-corrected chi connectivity index (χ1v) is 7.19. The topological polar surface area (TPSA) is 30.7 Å². The highest BCUT2D eigenvalue weighted by Crippen LogP contribution is 2.19. The van der Waals surface area contributed by atoms with Crippen molar-refractivity contribution in [2.24, 2.45) is 7.05 Å². The molecule has 0 N–H and O–H groups in total. The molecule has 0 atom stereocenters. The van der Waals surface area contributed by atoms with Gasteiger partial charge in [-0.15, -0.1) is 10.2 Å². The molecule has 0 radical (unpaired) electrons. The molecule has 0 saturated carbocycles. The predicted molar refractivity (Wildman–Crippen MR) is 89.5 cm³/mol. The summed E-state index contributed by atoms with van der Waals surface area (Å²) in [4.78, 5) is 0. The normalized spacial score (nSPS) is 10.0. The molecular weight excluding hydrogens is 270 g/mol. The van der Waals surface area contributed by atoms with Crippen LogP contribution in [0.25, 0.3) is 22.6 Å². The second-order valence-electron chi connectivity index (χ2n) is 4.94. The van der Waals surface area contributed by atoms with Crippen LogP contribution in [-0.2, 0) is 7.05 Å². The predicted octanol–water partition coefficient (Wildman–Crippen LogP) is 4.27. The van der Waals surface area contributed by atoms with Gasteiger partial charge in [-0.2, -0.15) is 0 Å². The summed E-state index contributed by atoms with van der Waals surface area (Å²) in [6.07, 6.45) is 2.00. The fourth-order valence-electron chi connectivity index (χ4n) is 2.22. The number of hydrogen-bond acceptors (Lipinski definition) is 2. The molecule has 0 aliphatic heterocycles. The van der Waals surface area contributed by atoms with Crippen LogP contribution in [-0.4, -0.2) is 14.8 Å². The number of nitrogens with zero attached hydrogens (tertiary/aromatic N) is 3. The Morgan fingerprint density at radius 1 is 0.636 bits per heavy atom. The third-order valence-electron chi connectivity index (χ3n) is 3.38. The molecule has 0 unspecified atom stereocenters. The lowest BCUT2D eigenvalue weighted by Crippen LogP contribution is -1.94. The summed E-state index contributed by atoms with van der Waals surface area (Å²) in [5.41, 5.74) is 3.82. The van der Waals surface area contributed by atoms with Crippen molar-refractivity contribution in [2.75, 3.05) is 0 Å². The largest absolute Gasteiger partial charge is 0.349 e. The molecule has 0 spiro atoms. The molecule has 3 nitrogen and oxygen atoms in total. The van der Waals surface area contributed by atoms with Crippen LogP contribution >= 0.6 is 0 Å². The molecule has 3 rings (SSSR count). The van der Waals surface area contributed by atoms with Crippen molar-refractivity contribution in [3.05, 3.63) is 85.1 Å². The van der Waals surface area contributed by atoms with Gasteiger partial charge in [0.2, 0.25) is 0 Å². The zero-order valence-corrected chi connectivity index (χ0v) is 12.4. The maximum Gasteiger partial charge on any atom is 0.109 e. The Morgan fingerprint density at radius 3 is 1.77 bits per heavy atom. The number of hydrogen-bond donors (Lipinski definition) is 0. The third-order valence-corrected chi connectivity index (χ3v) is 3.38. The van der Waals surface area contributed by atoms with Gasteiger partial charge in [-0.05, 0) is 24.3 Å². The van der Waals surface area contributed by atoms with Gasteiger partial charge < -0.3 is 4.57 Å². The lowest BCUT2D eigenvalue weighted by molar-refractivity contribution is 0.919. The van der Waals surface area contributed by atoms with Crippen LogP contribution in [0.4, 0.5) is 0 Å². The van der Waals surface area contributed by atoms with Gasteiger partial charge >= 0.3 is 0 Å². The molecule has 2 heterocycles. The van der Waals surface area contributed by atoms with E-state index in [2.05, 4.69) is 10.2 Å². The number of aromatic nitrogens is 3. The third kappa shape index (κ3) is 3.20. The van der Waals surface area contributed by atoms with Gasteiger partial charge in [0.05, 0.1) is 11.4 Å². The molecular formula is C19H17N3. The quantitative estimate of drug-likeness (QED) is 0.704. The van der Waals surface area contributed by atoms with Gasteiger partial charge in [-0.25, -0.2) is 0 Å². The molecule has 0 amide bonds. The van der Waals surface area contributed by atoms with E-state index in [-0.39, 0.29) is 0 Å². The fraction of sp³-hybridized carbons (Fsp3) is 0.0526. The van der Waals surface area contributed by atoms with Gasteiger partial charge in [-0.3, -0.25) is 0 Å². The zero-order chi connectivity index (χ0) is 15.2. The first-order chi connectivity index (χ1) is 10.8. The molecule has 22 heavy (non-hydrogen) atoms. The van der Waals surface area contributed by atoms with Gasteiger partial charge in [0.15, 0.2) is 0 Å². The van der Waals surface area contributed by atoms with E-state index < -0.39 is 0 Å². The summed E-state index contributed by atoms with van der Waals surface area (Å²) < 4.78 is 2.03. The summed E-state index contributed by atoms with van der Waals surface area (Å²) in [5, 5.41) is 8.72. The second kappa shape index (κ2) is 6.68. The van der Waals surface area contributed by atoms with E-state index in [1.807, 2.05) is 96.7 Å². The zero-order valence-electron chi connectivity index (χ0n) is 12.4. The van der Waals surface area contributed by atoms with Crippen molar-refractivity contribution in [1.82, 2.24) is 14.8 Å². The standard InChI is InChI=1S/C19H17N3/c1-22-15-9-12-19(22)18-14-13-17(20-21-18)16-10-7-5-3-2-4-6-8-11-16/h2-15H,1H3. The summed E-state index contributed by atoms with van der Waals surface area (Å²) in [6, 6.07) is 26.1. The molecule has 0 aliphatic carbocycles. The van der Waals surface area contributed by atoms with Crippen molar-refractivity contribution >= 4 is 0 Å². The number of aryl methyl sites for hydroxylation is 1. The molecule has 0 fully saturated rings. The van der Waals surface area contributed by atoms with Crippen LogP contribution in [0.15, 0.2) is 85.1 Å². The maximum atomic E-state index is 4.37. The van der Waals surface area contributed by atoms with Gasteiger partial charge in [-0.1, -0.05) is 54.6 Å². The Morgan fingerprint density at radius 2 is 1.23 bits per heavy atom. The van der Waals surface area contributed by atoms with E-state index in [1.54, 1.807) is 0 Å². The molecule has 0 saturated heterocycles. The smallest absolute Gasteiger partial charge is 0.109 e. The minimum atomic E-state index is 0.858. The Bertz CT molecular complexity index is 778. The summed E-state index contributed by atoms with van der Waals surface area (Å²) in [7, 11) is 2.00. The fourth-order valence-corrected chi connectivity index (χ4v) is 2.22. The van der Waals surface area contributed by atoms with Crippen molar-refractivity contribution in [2.45, 2.75) is 0 Å². The minimum absolute atomic E-state index is 0.858. The van der Waals surface area contributed by atoms with Crippen LogP contribution in [0, 0.1) is 0 Å². The van der Waals surface area contributed by atoms with E-state index in [1.165, 1.54) is 0 Å². The van der Waals surface area contributed by atoms with Crippen LogP contribution in [0.2, 0.25) is 0 Å². The lowest BCUT2D eigenvalue weighted by Gasteiger charge is -2.03. The van der Waals surface area contributed by atoms with Crippen LogP contribution < -0.4 is 0 Å². The Balaban J connectivity index is 1.98. The highest BCUT2D eigenvalue weighted by molar-refractivity contribution is 5.61. The van der Waals surface area contributed by atoms with Crippen molar-refractivity contribution in [3.8, 4) is 22.6 Å². The molecule has 3 heteroatoms. The number of rotatable bonds is 2. The van der Waals surface area contributed by atoms with Gasteiger partial charge in [0.1, 0.15) is 5.69 Å². The van der Waals surface area contributed by atoms with E-state index in [4.69, 9.17) is 0 Å². The average molecular weight is 287 g/mol. The highest BCUT2D eigenvalue weighted by atomic mass is 15.1. The van der Waals surface area contributed by atoms with E-state index >= 15 is 0 Å². The van der Waals surface area contributed by atoms with E-state index in [0.29, 0.717) is 0 Å². The Labute approximate surface area is 130 Å². The first-order valence-electron chi connectivity index (χ1n) is 7.19. The van der Waals surface area contributed by atoms with Gasteiger partial charge in [0, 0.05) is 18.8 Å². The van der Waals surface area contributed by atoms with Gasteiger partial charge in [0.25, 0.3) is 0 Å². The summed E-state index contributed by atoms with van der Waals surface area (Å²) >= 11 is 0. The SMILES string of the molecule is Cn1cccc1-c1ccc(-c2ccccccccc2)nn1. The summed E-state index contributed by atoms with van der Waals surface area (Å²) in [6.45, 7) is 0. The maximum absolute atomic E-state index is 4.37. The highest BCUT2D eigenvalue weighted by Gasteiger charge is 2.04. The van der Waals surface area contributed by atoms with Crippen LogP contribution in [0.5, 0.6) is 0 Å². The summed E-state index contributed by atoms with van der Waals surface area (Å²) in [5.74, 6) is 0. The van der Waals surface area contributed by atoms with E-state index in [0.717, 1.165) is 22.6 Å². The molecule has 3 aromatic rings. The first kappa shape index (κ1) is 14.0. The molecule has 0 bridgehead atoms. The monoisotopic (exact) mass is 287 g/mol. The van der Waals surface area contributed by atoms with Crippen molar-refractivity contribution in [1.29, 1.82) is 0 Å². The van der Waals surface area contributed by atoms with Crippen molar-refractivity contribution in [3.63, 3.8) is 0 Å². The van der Waals surface area contributed by atoms with Crippen LogP contribution in [0.3, 0.4) is 0 Å². The van der Waals surface area contributed by atoms with Crippen molar-refractivity contribution < 1.29 is 0 Å². The molecule has 1 aromatic carbocycles. The average Bonchev–Trinajstić information content (AvgIpc) is 2.99. The Hall–Kier alpha value is -2.94. The second-order valence-corrected chi connectivity index (χ2v) is 4.94. The molecule has 2 aromatic heterocycles. The molecule has 108 valence electrons.